The van der Waals surface area contributed by atoms with E-state index in [2.05, 4.69) is 0 Å². The molecule has 0 unspecified atom stereocenters. The van der Waals surface area contributed by atoms with Crippen LogP contribution < -0.4 is 0 Å². The van der Waals surface area contributed by atoms with Gasteiger partial charge in [0.1, 0.15) is 0 Å². The second kappa shape index (κ2) is 4.44. The molecule has 0 saturated carbocycles. The summed E-state index contributed by atoms with van der Waals surface area (Å²) in [5.74, 6) is 0. The number of hydrogen-bond donors (Lipinski definition) is 0. The van der Waals surface area contributed by atoms with Crippen molar-refractivity contribution in [2.45, 2.75) is 0 Å². The Hall–Kier alpha value is -1.36. The summed E-state index contributed by atoms with van der Waals surface area (Å²) in [6.07, 6.45) is 0. The van der Waals surface area contributed by atoms with E-state index in [1.54, 1.807) is 0 Å². The summed E-state index contributed by atoms with van der Waals surface area (Å²) in [5, 5.41) is 57.6. The van der Waals surface area contributed by atoms with E-state index in [1.807, 2.05) is 0 Å². The minimum atomic E-state index is -6.03. The van der Waals surface area contributed by atoms with Crippen LogP contribution in [0.4, 0.5) is 0 Å². The third-order valence-corrected chi connectivity index (χ3v) is 4.61. The van der Waals surface area contributed by atoms with Gasteiger partial charge < -0.3 is 0 Å². The molecule has 67 valence electrons. The molecule has 0 atom stereocenters. The fourth-order valence-electron chi connectivity index (χ4n) is 0.250. The quantitative estimate of drug-likeness (QED) is 0.479. The van der Waals surface area contributed by atoms with Crippen LogP contribution in [0.15, 0.2) is 0 Å². The molecule has 0 bridgehead atoms. The zero-order chi connectivity index (χ0) is 10.7. The van der Waals surface area contributed by atoms with Crippen LogP contribution in [0, 0.1) is 61.6 Å². The van der Waals surface area contributed by atoms with Crippen LogP contribution in [-0.4, -0.2) is 37.7 Å². The summed E-state index contributed by atoms with van der Waals surface area (Å²) in [6.45, 7) is 0. The van der Waals surface area contributed by atoms with Crippen molar-refractivity contribution in [3.05, 3.63) is 0 Å². The average molecular weight is 231 g/mol. The van der Waals surface area contributed by atoms with E-state index < -0.39 is 10.5 Å². The van der Waals surface area contributed by atoms with Crippen molar-refractivity contribution in [1.82, 2.24) is 0 Å². The van der Waals surface area contributed by atoms with Gasteiger partial charge in [-0.1, -0.05) is 0 Å². The van der Waals surface area contributed by atoms with Crippen molar-refractivity contribution in [3.63, 3.8) is 0 Å². The Morgan fingerprint density at radius 1 is 0.467 bits per heavy atom. The van der Waals surface area contributed by atoms with Gasteiger partial charge in [0.15, 0.2) is 0 Å². The molecule has 0 spiro atoms. The molecule has 0 fully saturated rings. The SMILES string of the molecule is N#[C][Co]([C]#N)([C]#N)([C]#N)([C]#N)[C]#N.[LiH].[LiH]. The molecule has 0 rings (SSSR count). The summed E-state index contributed by atoms with van der Waals surface area (Å²) in [7, 11) is -6.03. The molecule has 0 heterocycles. The number of nitriles is 6. The Kier molecular flexibility index (Phi) is 5.70. The maximum absolute atomic E-state index is 8.58. The molecule has 0 aromatic rings. The Balaban J connectivity index is -0.000000720. The summed E-state index contributed by atoms with van der Waals surface area (Å²) in [6, 6.07) is 0. The molecular weight excluding hydrogens is 229 g/mol. The van der Waals surface area contributed by atoms with E-state index >= 15 is 0 Å². The van der Waals surface area contributed by atoms with Crippen molar-refractivity contribution in [1.29, 1.82) is 31.6 Å². The molecule has 0 N–H and O–H groups in total. The number of rotatable bonds is 0. The van der Waals surface area contributed by atoms with E-state index in [0.717, 1.165) is 30.0 Å². The molecule has 0 aliphatic heterocycles. The van der Waals surface area contributed by atoms with Crippen molar-refractivity contribution < 1.29 is 10.5 Å². The van der Waals surface area contributed by atoms with Crippen LogP contribution in [0.2, 0.25) is 0 Å². The molecule has 9 heteroatoms. The van der Waals surface area contributed by atoms with E-state index in [-0.39, 0.29) is 37.7 Å². The molecular formula is C6H2CoLi2N6. The molecule has 0 aliphatic carbocycles. The third-order valence-electron chi connectivity index (χ3n) is 1.12. The van der Waals surface area contributed by atoms with Gasteiger partial charge in [0.25, 0.3) is 0 Å². The Labute approximate surface area is 109 Å². The van der Waals surface area contributed by atoms with Gasteiger partial charge in [0.2, 0.25) is 0 Å². The van der Waals surface area contributed by atoms with Gasteiger partial charge in [-0.2, -0.15) is 0 Å². The number of hydrogen-bond acceptors (Lipinski definition) is 6. The Bertz CT molecular complexity index is 395. The summed E-state index contributed by atoms with van der Waals surface area (Å²) in [5.41, 5.74) is 0. The maximum atomic E-state index is 8.58. The molecule has 6 nitrogen and oxygen atoms in total. The molecule has 0 amide bonds. The van der Waals surface area contributed by atoms with Crippen molar-refractivity contribution in [2.75, 3.05) is 0 Å². The summed E-state index contributed by atoms with van der Waals surface area (Å²) < 4.78 is 0. The normalized spacial score (nSPS) is 11.6. The van der Waals surface area contributed by atoms with Gasteiger partial charge in [0.05, 0.1) is 0 Å². The predicted molar refractivity (Wildman–Crippen MR) is 48.0 cm³/mol. The van der Waals surface area contributed by atoms with Gasteiger partial charge in [-0.25, -0.2) is 0 Å². The van der Waals surface area contributed by atoms with Crippen LogP contribution in [0.5, 0.6) is 0 Å². The molecule has 0 aliphatic rings. The Morgan fingerprint density at radius 3 is 0.600 bits per heavy atom. The van der Waals surface area contributed by atoms with Gasteiger partial charge in [0, 0.05) is 0 Å². The van der Waals surface area contributed by atoms with E-state index in [9.17, 15) is 0 Å². The van der Waals surface area contributed by atoms with Crippen LogP contribution in [0.3, 0.4) is 0 Å². The van der Waals surface area contributed by atoms with Crippen LogP contribution in [-0.2, 0) is 10.5 Å². The zero-order valence-corrected chi connectivity index (χ0v) is 7.06. The monoisotopic (exact) mass is 231 g/mol. The van der Waals surface area contributed by atoms with Crippen LogP contribution >= 0.6 is 0 Å². The molecule has 15 heavy (non-hydrogen) atoms. The fourth-order valence-corrected chi connectivity index (χ4v) is 1.03. The second-order valence-corrected chi connectivity index (χ2v) is 7.00. The van der Waals surface area contributed by atoms with Crippen LogP contribution in [0.1, 0.15) is 0 Å². The van der Waals surface area contributed by atoms with Crippen molar-refractivity contribution in [2.24, 2.45) is 0 Å². The summed E-state index contributed by atoms with van der Waals surface area (Å²) in [4.78, 5) is 0. The first-order chi connectivity index (χ1) is 5.97. The first-order valence-electron chi connectivity index (χ1n) is 2.34. The predicted octanol–water partition coefficient (Wildman–Crippen LogP) is -1.20. The standard InChI is InChI=1S/6CN.Co.2Li.2H/c6*1-2;;;;;. The van der Waals surface area contributed by atoms with Crippen molar-refractivity contribution in [3.8, 4) is 30.0 Å². The second-order valence-electron chi connectivity index (χ2n) is 1.70. The van der Waals surface area contributed by atoms with E-state index in [4.69, 9.17) is 31.6 Å². The summed E-state index contributed by atoms with van der Waals surface area (Å²) >= 11 is 0. The first kappa shape index (κ1) is 19.3. The van der Waals surface area contributed by atoms with Gasteiger partial charge in [-0.05, 0) is 0 Å². The third kappa shape index (κ3) is 1.75. The fraction of sp³-hybridized carbons (Fsp3) is 0. The topological polar surface area (TPSA) is 143 Å². The van der Waals surface area contributed by atoms with Gasteiger partial charge in [-0.3, -0.25) is 0 Å². The number of nitrogens with zero attached hydrogens (tertiary/aromatic N) is 6. The molecule has 0 saturated heterocycles. The van der Waals surface area contributed by atoms with Gasteiger partial charge >= 0.3 is 110 Å². The van der Waals surface area contributed by atoms with Gasteiger partial charge in [-0.15, -0.1) is 0 Å². The molecule has 0 aromatic carbocycles. The molecule has 0 aromatic heterocycles. The van der Waals surface area contributed by atoms with Crippen LogP contribution in [0.25, 0.3) is 0 Å². The van der Waals surface area contributed by atoms with Crippen molar-refractivity contribution >= 4 is 37.7 Å². The average Bonchev–Trinajstić information content (AvgIpc) is 2.26. The Morgan fingerprint density at radius 2 is 0.600 bits per heavy atom. The van der Waals surface area contributed by atoms with E-state index in [1.165, 1.54) is 0 Å². The molecule has 0 radical (unpaired) electrons. The minimum absolute atomic E-state index is 0. The first-order valence-corrected chi connectivity index (χ1v) is 5.46. The zero-order valence-electron chi connectivity index (χ0n) is 6.02. The van der Waals surface area contributed by atoms with E-state index in [0.29, 0.717) is 0 Å².